The van der Waals surface area contributed by atoms with Crippen molar-refractivity contribution in [1.82, 2.24) is 4.98 Å². The lowest BCUT2D eigenvalue weighted by atomic mass is 9.90. The summed E-state index contributed by atoms with van der Waals surface area (Å²) < 4.78 is 0. The number of nitrogens with one attached hydrogen (secondary N) is 1. The number of hydrogen-bond donors (Lipinski definition) is 1. The molecule has 2 nitrogen and oxygen atoms in total. The summed E-state index contributed by atoms with van der Waals surface area (Å²) in [6.07, 6.45) is 7.97. The molecule has 25 heavy (non-hydrogen) atoms. The van der Waals surface area contributed by atoms with Crippen LogP contribution in [0.3, 0.4) is 0 Å². The Morgan fingerprint density at radius 3 is 2.32 bits per heavy atom. The Bertz CT molecular complexity index is 823. The lowest BCUT2D eigenvalue weighted by molar-refractivity contribution is 0.104. The number of hydrogen-bond acceptors (Lipinski definition) is 1. The molecule has 3 aromatic rings. The fraction of sp³-hybridized carbons (Fsp3) is 0.348. The largest absolute Gasteiger partial charge is 0.360 e. The van der Waals surface area contributed by atoms with Gasteiger partial charge in [0, 0.05) is 28.2 Å². The SMILES string of the molecule is CCCC(CCC)Cc1ccc(C(=O)c2c[nH]c3ccccc23)cc1. The molecule has 2 aromatic carbocycles. The summed E-state index contributed by atoms with van der Waals surface area (Å²) in [4.78, 5) is 16.0. The highest BCUT2D eigenvalue weighted by molar-refractivity contribution is 6.16. The minimum Gasteiger partial charge on any atom is -0.360 e. The van der Waals surface area contributed by atoms with Gasteiger partial charge >= 0.3 is 0 Å². The number of fused-ring (bicyclic) bond motifs is 1. The van der Waals surface area contributed by atoms with E-state index in [9.17, 15) is 4.79 Å². The van der Waals surface area contributed by atoms with Gasteiger partial charge in [-0.3, -0.25) is 4.79 Å². The molecule has 0 fully saturated rings. The highest BCUT2D eigenvalue weighted by Gasteiger charge is 2.14. The molecular formula is C23H27NO. The van der Waals surface area contributed by atoms with Crippen LogP contribution in [0.25, 0.3) is 10.9 Å². The van der Waals surface area contributed by atoms with Gasteiger partial charge in [0.25, 0.3) is 0 Å². The lowest BCUT2D eigenvalue weighted by Crippen LogP contribution is -2.05. The molecule has 0 bridgehead atoms. The molecule has 1 heterocycles. The fourth-order valence-electron chi connectivity index (χ4n) is 3.71. The Hall–Kier alpha value is -2.35. The summed E-state index contributed by atoms with van der Waals surface area (Å²) in [7, 11) is 0. The van der Waals surface area contributed by atoms with Crippen LogP contribution in [0.2, 0.25) is 0 Å². The van der Waals surface area contributed by atoms with E-state index in [0.29, 0.717) is 0 Å². The van der Waals surface area contributed by atoms with Crippen molar-refractivity contribution in [2.24, 2.45) is 5.92 Å². The minimum atomic E-state index is 0.0858. The van der Waals surface area contributed by atoms with Crippen LogP contribution in [0.5, 0.6) is 0 Å². The summed E-state index contributed by atoms with van der Waals surface area (Å²) >= 11 is 0. The summed E-state index contributed by atoms with van der Waals surface area (Å²) in [6.45, 7) is 4.51. The van der Waals surface area contributed by atoms with Crippen molar-refractivity contribution < 1.29 is 4.79 Å². The van der Waals surface area contributed by atoms with Crippen LogP contribution in [0, 0.1) is 5.92 Å². The molecule has 130 valence electrons. The van der Waals surface area contributed by atoms with Crippen LogP contribution in [-0.2, 0) is 6.42 Å². The first-order chi connectivity index (χ1) is 12.2. The van der Waals surface area contributed by atoms with Gasteiger partial charge in [0.1, 0.15) is 0 Å². The maximum absolute atomic E-state index is 12.8. The topological polar surface area (TPSA) is 32.9 Å². The quantitative estimate of drug-likeness (QED) is 0.492. The minimum absolute atomic E-state index is 0.0858. The van der Waals surface area contributed by atoms with E-state index in [2.05, 4.69) is 31.0 Å². The molecule has 0 saturated carbocycles. The van der Waals surface area contributed by atoms with Crippen molar-refractivity contribution in [3.8, 4) is 0 Å². The number of ketones is 1. The first-order valence-electron chi connectivity index (χ1n) is 9.42. The zero-order valence-electron chi connectivity index (χ0n) is 15.2. The number of carbonyl (C=O) groups excluding carboxylic acids is 1. The van der Waals surface area contributed by atoms with E-state index >= 15 is 0 Å². The Kier molecular flexibility index (Phi) is 5.70. The van der Waals surface area contributed by atoms with E-state index in [1.807, 2.05) is 42.6 Å². The van der Waals surface area contributed by atoms with Crippen LogP contribution >= 0.6 is 0 Å². The first kappa shape index (κ1) is 17.5. The van der Waals surface area contributed by atoms with Crippen molar-refractivity contribution in [2.45, 2.75) is 46.0 Å². The molecule has 0 spiro atoms. The monoisotopic (exact) mass is 333 g/mol. The van der Waals surface area contributed by atoms with Gasteiger partial charge < -0.3 is 4.98 Å². The van der Waals surface area contributed by atoms with Crippen molar-refractivity contribution in [2.75, 3.05) is 0 Å². The molecule has 1 N–H and O–H groups in total. The van der Waals surface area contributed by atoms with Crippen molar-refractivity contribution in [3.05, 3.63) is 71.4 Å². The van der Waals surface area contributed by atoms with Crippen LogP contribution < -0.4 is 0 Å². The molecular weight excluding hydrogens is 306 g/mol. The maximum atomic E-state index is 12.8. The van der Waals surface area contributed by atoms with Gasteiger partial charge in [-0.25, -0.2) is 0 Å². The molecule has 0 amide bonds. The Labute approximate surface area is 150 Å². The fourth-order valence-corrected chi connectivity index (χ4v) is 3.71. The van der Waals surface area contributed by atoms with Crippen molar-refractivity contribution in [1.29, 1.82) is 0 Å². The molecule has 0 aliphatic heterocycles. The lowest BCUT2D eigenvalue weighted by Gasteiger charge is -2.15. The second-order valence-corrected chi connectivity index (χ2v) is 6.92. The Balaban J connectivity index is 1.76. The van der Waals surface area contributed by atoms with E-state index in [4.69, 9.17) is 0 Å². The van der Waals surface area contributed by atoms with Gasteiger partial charge in [0.05, 0.1) is 0 Å². The van der Waals surface area contributed by atoms with E-state index in [-0.39, 0.29) is 5.78 Å². The third kappa shape index (κ3) is 4.01. The maximum Gasteiger partial charge on any atom is 0.195 e. The van der Waals surface area contributed by atoms with Gasteiger partial charge in [-0.15, -0.1) is 0 Å². The number of carbonyl (C=O) groups is 1. The van der Waals surface area contributed by atoms with Crippen LogP contribution in [-0.4, -0.2) is 10.8 Å². The normalized spacial score (nSPS) is 11.3. The number of benzene rings is 2. The van der Waals surface area contributed by atoms with E-state index in [1.54, 1.807) is 0 Å². The van der Waals surface area contributed by atoms with Crippen molar-refractivity contribution >= 4 is 16.7 Å². The van der Waals surface area contributed by atoms with Gasteiger partial charge in [-0.2, -0.15) is 0 Å². The van der Waals surface area contributed by atoms with E-state index in [0.717, 1.165) is 34.4 Å². The number of aromatic nitrogens is 1. The average Bonchev–Trinajstić information content (AvgIpc) is 3.06. The number of para-hydroxylation sites is 1. The van der Waals surface area contributed by atoms with Crippen LogP contribution in [0.15, 0.2) is 54.7 Å². The molecule has 0 aliphatic rings. The molecule has 0 atom stereocenters. The van der Waals surface area contributed by atoms with Crippen LogP contribution in [0.1, 0.15) is 61.0 Å². The summed E-state index contributed by atoms with van der Waals surface area (Å²) in [5.74, 6) is 0.841. The smallest absolute Gasteiger partial charge is 0.195 e. The molecule has 2 heteroatoms. The van der Waals surface area contributed by atoms with Crippen molar-refractivity contribution in [3.63, 3.8) is 0 Å². The molecule has 0 aliphatic carbocycles. The number of aromatic amines is 1. The second-order valence-electron chi connectivity index (χ2n) is 6.92. The summed E-state index contributed by atoms with van der Waals surface area (Å²) in [5, 5.41) is 0.988. The predicted octanol–water partition coefficient (Wildman–Crippen LogP) is 6.16. The Morgan fingerprint density at radius 1 is 0.960 bits per heavy atom. The van der Waals surface area contributed by atoms with E-state index < -0.39 is 0 Å². The average molecular weight is 333 g/mol. The van der Waals surface area contributed by atoms with Gasteiger partial charge in [-0.05, 0) is 24.0 Å². The van der Waals surface area contributed by atoms with Gasteiger partial charge in [-0.1, -0.05) is 82.0 Å². The summed E-state index contributed by atoms with van der Waals surface area (Å²) in [5.41, 5.74) is 3.85. The van der Waals surface area contributed by atoms with Gasteiger partial charge in [0.15, 0.2) is 5.78 Å². The predicted molar refractivity (Wildman–Crippen MR) is 105 cm³/mol. The van der Waals surface area contributed by atoms with Gasteiger partial charge in [0.2, 0.25) is 0 Å². The second kappa shape index (κ2) is 8.15. The molecule has 1 aromatic heterocycles. The number of rotatable bonds is 8. The molecule has 3 rings (SSSR count). The molecule has 0 unspecified atom stereocenters. The molecule has 0 saturated heterocycles. The summed E-state index contributed by atoms with van der Waals surface area (Å²) in [6, 6.07) is 16.1. The Morgan fingerprint density at radius 2 is 1.64 bits per heavy atom. The number of H-pyrrole nitrogens is 1. The molecule has 0 radical (unpaired) electrons. The standard InChI is InChI=1S/C23H27NO/c1-3-7-17(8-4-2)15-18-11-13-19(14-12-18)23(25)21-16-24-22-10-6-5-9-20(21)22/h5-6,9-14,16-17,24H,3-4,7-8,15H2,1-2H3. The zero-order valence-corrected chi connectivity index (χ0v) is 15.2. The van der Waals surface area contributed by atoms with Crippen LogP contribution in [0.4, 0.5) is 0 Å². The highest BCUT2D eigenvalue weighted by atomic mass is 16.1. The third-order valence-corrected chi connectivity index (χ3v) is 4.97. The van der Waals surface area contributed by atoms with E-state index in [1.165, 1.54) is 31.2 Å². The zero-order chi connectivity index (χ0) is 17.6. The highest BCUT2D eigenvalue weighted by Crippen LogP contribution is 2.23. The first-order valence-corrected chi connectivity index (χ1v) is 9.42. The third-order valence-electron chi connectivity index (χ3n) is 4.97.